The number of hydrogen-bond acceptors (Lipinski definition) is 2. The summed E-state index contributed by atoms with van der Waals surface area (Å²) in [5, 5.41) is 3.82. The zero-order valence-electron chi connectivity index (χ0n) is 13.6. The van der Waals surface area contributed by atoms with Crippen molar-refractivity contribution >= 4 is 16.9 Å². The predicted octanol–water partition coefficient (Wildman–Crippen LogP) is 2.70. The second-order valence-electron chi connectivity index (χ2n) is 5.50. The molecule has 0 radical (unpaired) electrons. The van der Waals surface area contributed by atoms with Gasteiger partial charge in [-0.2, -0.15) is 0 Å². The molecular weight excluding hydrogens is 278 g/mol. The molecule has 1 aromatic carbocycles. The van der Waals surface area contributed by atoms with Crippen LogP contribution in [-0.4, -0.2) is 29.0 Å². The van der Waals surface area contributed by atoms with Gasteiger partial charge in [-0.3, -0.25) is 4.79 Å². The number of aryl methyl sites for hydroxylation is 2. The summed E-state index contributed by atoms with van der Waals surface area (Å²) < 4.78 is 0. The molecule has 2 rings (SSSR count). The molecular formula is C17H23N3O2. The maximum atomic E-state index is 12.2. The molecule has 1 aromatic heterocycles. The standard InChI is InChI=1S/C17H23N3O2/c1-5-20(6-2)17(22)18-10-13-9-14-12(4)7-11(3)8-15(14)19-16(13)21/h7-9H,5-6,10H2,1-4H3,(H,18,22)(H,19,21). The minimum Gasteiger partial charge on any atom is -0.334 e. The summed E-state index contributed by atoms with van der Waals surface area (Å²) in [7, 11) is 0. The number of hydrogen-bond donors (Lipinski definition) is 2. The van der Waals surface area contributed by atoms with E-state index < -0.39 is 0 Å². The summed E-state index contributed by atoms with van der Waals surface area (Å²) in [5.41, 5.74) is 3.48. The highest BCUT2D eigenvalue weighted by Crippen LogP contribution is 2.18. The molecule has 118 valence electrons. The Morgan fingerprint density at radius 1 is 1.18 bits per heavy atom. The number of amides is 2. The second-order valence-corrected chi connectivity index (χ2v) is 5.50. The smallest absolute Gasteiger partial charge is 0.317 e. The minimum atomic E-state index is -0.155. The summed E-state index contributed by atoms with van der Waals surface area (Å²) >= 11 is 0. The van der Waals surface area contributed by atoms with Crippen LogP contribution in [0.15, 0.2) is 23.0 Å². The molecule has 0 fully saturated rings. The highest BCUT2D eigenvalue weighted by molar-refractivity contribution is 5.83. The number of pyridine rings is 1. The van der Waals surface area contributed by atoms with E-state index in [1.807, 2.05) is 39.8 Å². The van der Waals surface area contributed by atoms with Crippen LogP contribution in [-0.2, 0) is 6.54 Å². The Morgan fingerprint density at radius 2 is 1.86 bits per heavy atom. The number of benzene rings is 1. The average molecular weight is 301 g/mol. The molecule has 0 aliphatic heterocycles. The van der Waals surface area contributed by atoms with Gasteiger partial charge >= 0.3 is 6.03 Å². The number of aromatic amines is 1. The third-order valence-corrected chi connectivity index (χ3v) is 3.87. The van der Waals surface area contributed by atoms with Gasteiger partial charge < -0.3 is 15.2 Å². The monoisotopic (exact) mass is 301 g/mol. The molecule has 0 unspecified atom stereocenters. The van der Waals surface area contributed by atoms with E-state index in [-0.39, 0.29) is 18.1 Å². The van der Waals surface area contributed by atoms with E-state index in [9.17, 15) is 9.59 Å². The fraction of sp³-hybridized carbons (Fsp3) is 0.412. The lowest BCUT2D eigenvalue weighted by Gasteiger charge is -2.19. The molecule has 2 aromatic rings. The van der Waals surface area contributed by atoms with Crippen LogP contribution in [0.25, 0.3) is 10.9 Å². The highest BCUT2D eigenvalue weighted by atomic mass is 16.2. The molecule has 0 saturated carbocycles. The second kappa shape index (κ2) is 6.64. The molecule has 22 heavy (non-hydrogen) atoms. The van der Waals surface area contributed by atoms with Crippen molar-refractivity contribution in [2.45, 2.75) is 34.2 Å². The molecule has 0 aliphatic carbocycles. The summed E-state index contributed by atoms with van der Waals surface area (Å²) in [5.74, 6) is 0. The van der Waals surface area contributed by atoms with Crippen LogP contribution in [0.2, 0.25) is 0 Å². The van der Waals surface area contributed by atoms with E-state index in [2.05, 4.69) is 16.4 Å². The van der Waals surface area contributed by atoms with Gasteiger partial charge in [0.2, 0.25) is 0 Å². The Hall–Kier alpha value is -2.30. The summed E-state index contributed by atoms with van der Waals surface area (Å²) in [6.45, 7) is 9.40. The minimum absolute atomic E-state index is 0.148. The highest BCUT2D eigenvalue weighted by Gasteiger charge is 2.11. The summed E-state index contributed by atoms with van der Waals surface area (Å²) in [6.07, 6.45) is 0. The van der Waals surface area contributed by atoms with Crippen molar-refractivity contribution < 1.29 is 4.79 Å². The molecule has 5 nitrogen and oxygen atoms in total. The molecule has 5 heteroatoms. The number of rotatable bonds is 4. The van der Waals surface area contributed by atoms with Crippen LogP contribution >= 0.6 is 0 Å². The van der Waals surface area contributed by atoms with E-state index in [0.29, 0.717) is 18.7 Å². The third-order valence-electron chi connectivity index (χ3n) is 3.87. The summed E-state index contributed by atoms with van der Waals surface area (Å²) in [4.78, 5) is 28.7. The molecule has 2 N–H and O–H groups in total. The van der Waals surface area contributed by atoms with Crippen molar-refractivity contribution in [3.63, 3.8) is 0 Å². The molecule has 0 aliphatic rings. The van der Waals surface area contributed by atoms with Gasteiger partial charge in [-0.15, -0.1) is 0 Å². The Balaban J connectivity index is 2.27. The largest absolute Gasteiger partial charge is 0.334 e. The lowest BCUT2D eigenvalue weighted by atomic mass is 10.0. The number of fused-ring (bicyclic) bond motifs is 1. The number of carbonyl (C=O) groups excluding carboxylic acids is 1. The van der Waals surface area contributed by atoms with Gasteiger partial charge in [0.25, 0.3) is 5.56 Å². The van der Waals surface area contributed by atoms with Gasteiger partial charge in [0, 0.05) is 36.1 Å². The fourth-order valence-corrected chi connectivity index (χ4v) is 2.64. The Morgan fingerprint density at radius 3 is 2.50 bits per heavy atom. The van der Waals surface area contributed by atoms with Crippen molar-refractivity contribution in [1.82, 2.24) is 15.2 Å². The first-order valence-corrected chi connectivity index (χ1v) is 7.62. The Bertz CT molecular complexity index is 745. The van der Waals surface area contributed by atoms with Crippen LogP contribution in [0.4, 0.5) is 4.79 Å². The molecule has 0 atom stereocenters. The SMILES string of the molecule is CCN(CC)C(=O)NCc1cc2c(C)cc(C)cc2[nH]c1=O. The van der Waals surface area contributed by atoms with Crippen molar-refractivity contribution in [3.05, 3.63) is 45.2 Å². The van der Waals surface area contributed by atoms with Crippen LogP contribution in [0, 0.1) is 13.8 Å². The van der Waals surface area contributed by atoms with Gasteiger partial charge in [-0.1, -0.05) is 6.07 Å². The summed E-state index contributed by atoms with van der Waals surface area (Å²) in [6, 6.07) is 5.76. The molecule has 0 saturated heterocycles. The first-order chi connectivity index (χ1) is 10.5. The first-order valence-electron chi connectivity index (χ1n) is 7.62. The van der Waals surface area contributed by atoms with Crippen LogP contribution in [0.5, 0.6) is 0 Å². The number of H-pyrrole nitrogens is 1. The van der Waals surface area contributed by atoms with Crippen LogP contribution in [0.1, 0.15) is 30.5 Å². The van der Waals surface area contributed by atoms with E-state index in [0.717, 1.165) is 22.0 Å². The number of nitrogens with zero attached hydrogens (tertiary/aromatic N) is 1. The molecule has 2 amide bonds. The fourth-order valence-electron chi connectivity index (χ4n) is 2.64. The average Bonchev–Trinajstić information content (AvgIpc) is 2.46. The quantitative estimate of drug-likeness (QED) is 0.912. The van der Waals surface area contributed by atoms with E-state index >= 15 is 0 Å². The first kappa shape index (κ1) is 16.1. The van der Waals surface area contributed by atoms with Crippen molar-refractivity contribution in [3.8, 4) is 0 Å². The maximum absolute atomic E-state index is 12.2. The van der Waals surface area contributed by atoms with Gasteiger partial charge in [-0.25, -0.2) is 4.79 Å². The lowest BCUT2D eigenvalue weighted by molar-refractivity contribution is 0.203. The normalized spacial score (nSPS) is 10.7. The Labute approximate surface area is 130 Å². The van der Waals surface area contributed by atoms with Gasteiger partial charge in [0.05, 0.1) is 0 Å². The Kier molecular flexibility index (Phi) is 4.85. The topological polar surface area (TPSA) is 65.2 Å². The van der Waals surface area contributed by atoms with Crippen molar-refractivity contribution in [2.75, 3.05) is 13.1 Å². The van der Waals surface area contributed by atoms with Crippen molar-refractivity contribution in [2.24, 2.45) is 0 Å². The van der Waals surface area contributed by atoms with E-state index in [4.69, 9.17) is 0 Å². The van der Waals surface area contributed by atoms with Crippen LogP contribution < -0.4 is 10.9 Å². The van der Waals surface area contributed by atoms with E-state index in [1.54, 1.807) is 4.90 Å². The molecule has 0 bridgehead atoms. The number of nitrogens with one attached hydrogen (secondary N) is 2. The number of urea groups is 1. The van der Waals surface area contributed by atoms with E-state index in [1.165, 1.54) is 0 Å². The van der Waals surface area contributed by atoms with Gasteiger partial charge in [-0.05, 0) is 51.0 Å². The van der Waals surface area contributed by atoms with Crippen molar-refractivity contribution in [1.29, 1.82) is 0 Å². The van der Waals surface area contributed by atoms with Gasteiger partial charge in [0.1, 0.15) is 0 Å². The maximum Gasteiger partial charge on any atom is 0.317 e. The zero-order valence-corrected chi connectivity index (χ0v) is 13.6. The van der Waals surface area contributed by atoms with Gasteiger partial charge in [0.15, 0.2) is 0 Å². The molecule has 1 heterocycles. The van der Waals surface area contributed by atoms with Crippen LogP contribution in [0.3, 0.4) is 0 Å². The molecule has 0 spiro atoms. The zero-order chi connectivity index (χ0) is 16.3. The number of aromatic nitrogens is 1. The number of carbonyl (C=O) groups is 1. The third kappa shape index (κ3) is 3.30. The lowest BCUT2D eigenvalue weighted by Crippen LogP contribution is -2.40. The predicted molar refractivity (Wildman–Crippen MR) is 89.2 cm³/mol.